The summed E-state index contributed by atoms with van der Waals surface area (Å²) in [6.45, 7) is 8.12. The number of thiazole rings is 1. The van der Waals surface area contributed by atoms with Crippen LogP contribution in [-0.2, 0) is 0 Å². The third-order valence-electron chi connectivity index (χ3n) is 6.88. The van der Waals surface area contributed by atoms with Gasteiger partial charge in [0, 0.05) is 31.6 Å². The van der Waals surface area contributed by atoms with Crippen molar-refractivity contribution in [3.8, 4) is 21.8 Å². The highest BCUT2D eigenvalue weighted by Crippen LogP contribution is 2.41. The Labute approximate surface area is 221 Å². The summed E-state index contributed by atoms with van der Waals surface area (Å²) in [4.78, 5) is 13.1. The Balaban J connectivity index is 1.54. The van der Waals surface area contributed by atoms with Crippen molar-refractivity contribution in [2.24, 2.45) is 4.99 Å². The van der Waals surface area contributed by atoms with Crippen LogP contribution in [0.3, 0.4) is 0 Å². The Hall–Kier alpha value is -3.97. The van der Waals surface area contributed by atoms with Gasteiger partial charge in [-0.05, 0) is 49.1 Å². The number of nitrogens with zero attached hydrogens (tertiary/aromatic N) is 5. The van der Waals surface area contributed by atoms with E-state index in [-0.39, 0.29) is 0 Å². The molecule has 6 nitrogen and oxygen atoms in total. The third-order valence-corrected chi connectivity index (χ3v) is 7.97. The Morgan fingerprint density at radius 2 is 1.92 bits per heavy atom. The van der Waals surface area contributed by atoms with Gasteiger partial charge in [0.2, 0.25) is 0 Å². The van der Waals surface area contributed by atoms with Crippen LogP contribution < -0.4 is 5.32 Å². The van der Waals surface area contributed by atoms with Crippen LogP contribution in [-0.4, -0.2) is 46.0 Å². The largest absolute Gasteiger partial charge is 0.376 e. The lowest BCUT2D eigenvalue weighted by molar-refractivity contribution is 0.493. The normalized spacial score (nSPS) is 15.7. The predicted molar refractivity (Wildman–Crippen MR) is 155 cm³/mol. The van der Waals surface area contributed by atoms with Gasteiger partial charge >= 0.3 is 0 Å². The summed E-state index contributed by atoms with van der Waals surface area (Å²) in [5.74, 6) is 0. The molecule has 0 unspecified atom stereocenters. The van der Waals surface area contributed by atoms with Crippen LogP contribution in [0, 0.1) is 6.92 Å². The first kappa shape index (κ1) is 23.4. The molecule has 0 amide bonds. The Morgan fingerprint density at radius 3 is 2.70 bits per heavy atom. The number of aryl methyl sites for hydroxylation is 1. The lowest BCUT2D eigenvalue weighted by Crippen LogP contribution is -2.17. The highest BCUT2D eigenvalue weighted by molar-refractivity contribution is 7.16. The maximum atomic E-state index is 5.26. The number of pyridine rings is 1. The molecule has 1 aromatic carbocycles. The molecule has 6 rings (SSSR count). The summed E-state index contributed by atoms with van der Waals surface area (Å²) < 4.78 is 1.98. The monoisotopic (exact) mass is 506 g/mol. The second kappa shape index (κ2) is 9.48. The van der Waals surface area contributed by atoms with Crippen molar-refractivity contribution in [2.45, 2.75) is 27.2 Å². The lowest BCUT2D eigenvalue weighted by Gasteiger charge is -2.21. The standard InChI is InChI=1S/C30H30N6S/c1-5-21-15-31-18-32-27(21)29-28(22-9-7-6-8-10-22)33-30(37-29)26-20(3)34-36-12-11-23(14-25(26)36)24-13-19(2)16-35(4)17-24/h6-14,17-18H,5,15-16H2,1-4H3,(H,31,32). The smallest absolute Gasteiger partial charge is 0.128 e. The molecule has 4 aromatic rings. The highest BCUT2D eigenvalue weighted by Gasteiger charge is 2.24. The molecular weight excluding hydrogens is 476 g/mol. The van der Waals surface area contributed by atoms with Gasteiger partial charge in [0.05, 0.1) is 45.9 Å². The first-order valence-corrected chi connectivity index (χ1v) is 13.5. The zero-order valence-electron chi connectivity index (χ0n) is 21.6. The molecule has 7 heteroatoms. The fourth-order valence-corrected chi connectivity index (χ4v) is 6.39. The first-order valence-electron chi connectivity index (χ1n) is 12.6. The molecule has 5 heterocycles. The molecule has 0 spiro atoms. The van der Waals surface area contributed by atoms with Crippen LogP contribution in [0.2, 0.25) is 0 Å². The Bertz CT molecular complexity index is 1620. The highest BCUT2D eigenvalue weighted by atomic mass is 32.1. The molecule has 0 radical (unpaired) electrons. The minimum atomic E-state index is 0.718. The molecule has 0 fully saturated rings. The lowest BCUT2D eigenvalue weighted by atomic mass is 10.0. The second-order valence-electron chi connectivity index (χ2n) is 9.70. The molecule has 186 valence electrons. The molecule has 2 aliphatic heterocycles. The molecule has 37 heavy (non-hydrogen) atoms. The van der Waals surface area contributed by atoms with E-state index in [2.05, 4.69) is 97.9 Å². The minimum absolute atomic E-state index is 0.718. The zero-order valence-corrected chi connectivity index (χ0v) is 22.4. The molecule has 0 bridgehead atoms. The van der Waals surface area contributed by atoms with E-state index in [1.807, 2.05) is 10.6 Å². The van der Waals surface area contributed by atoms with Gasteiger partial charge in [0.1, 0.15) is 5.01 Å². The van der Waals surface area contributed by atoms with E-state index in [9.17, 15) is 0 Å². The van der Waals surface area contributed by atoms with Gasteiger partial charge in [0.15, 0.2) is 0 Å². The van der Waals surface area contributed by atoms with Crippen LogP contribution in [0.5, 0.6) is 0 Å². The van der Waals surface area contributed by atoms with Gasteiger partial charge in [-0.2, -0.15) is 5.10 Å². The SMILES string of the molecule is CCC1=C(c2sc(-c3c(C)nn4ccc(C5=CN(C)CC(C)=C5)cc34)nc2-c2ccccc2)NC=NC1. The number of benzene rings is 1. The van der Waals surface area contributed by atoms with Crippen molar-refractivity contribution in [3.05, 3.63) is 88.2 Å². The molecule has 3 aromatic heterocycles. The fourth-order valence-electron chi connectivity index (χ4n) is 5.14. The van der Waals surface area contributed by atoms with Gasteiger partial charge in [-0.15, -0.1) is 11.3 Å². The number of aliphatic imine (C=N–C) groups is 1. The third kappa shape index (κ3) is 4.29. The fraction of sp³-hybridized carbons (Fsp3) is 0.233. The van der Waals surface area contributed by atoms with Crippen LogP contribution >= 0.6 is 11.3 Å². The van der Waals surface area contributed by atoms with E-state index in [1.54, 1.807) is 17.7 Å². The molecule has 0 saturated heterocycles. The number of likely N-dealkylation sites (N-methyl/N-ethyl adjacent to an activating group) is 1. The van der Waals surface area contributed by atoms with E-state index in [0.29, 0.717) is 0 Å². The van der Waals surface area contributed by atoms with Crippen LogP contribution in [0.4, 0.5) is 0 Å². The maximum absolute atomic E-state index is 5.26. The maximum Gasteiger partial charge on any atom is 0.128 e. The average molecular weight is 507 g/mol. The Morgan fingerprint density at radius 1 is 1.08 bits per heavy atom. The molecule has 2 aliphatic rings. The van der Waals surface area contributed by atoms with Gasteiger partial charge in [0.25, 0.3) is 0 Å². The molecular formula is C30H30N6S. The number of fused-ring (bicyclic) bond motifs is 1. The molecule has 1 N–H and O–H groups in total. The summed E-state index contributed by atoms with van der Waals surface area (Å²) in [6.07, 6.45) is 9.30. The van der Waals surface area contributed by atoms with Gasteiger partial charge in [-0.25, -0.2) is 9.50 Å². The van der Waals surface area contributed by atoms with Gasteiger partial charge in [-0.3, -0.25) is 4.99 Å². The van der Waals surface area contributed by atoms with Crippen molar-refractivity contribution in [1.29, 1.82) is 0 Å². The molecule has 0 saturated carbocycles. The van der Waals surface area contributed by atoms with Crippen molar-refractivity contribution in [2.75, 3.05) is 20.1 Å². The minimum Gasteiger partial charge on any atom is -0.376 e. The summed E-state index contributed by atoms with van der Waals surface area (Å²) in [7, 11) is 2.12. The summed E-state index contributed by atoms with van der Waals surface area (Å²) in [5, 5.41) is 9.27. The summed E-state index contributed by atoms with van der Waals surface area (Å²) >= 11 is 1.73. The second-order valence-corrected chi connectivity index (χ2v) is 10.7. The summed E-state index contributed by atoms with van der Waals surface area (Å²) in [5.41, 5.74) is 11.4. The Kier molecular flexibility index (Phi) is 6.00. The number of allylic oxidation sites excluding steroid dienone is 2. The van der Waals surface area contributed by atoms with Crippen LogP contribution in [0.15, 0.2) is 77.1 Å². The first-order chi connectivity index (χ1) is 18.0. The topological polar surface area (TPSA) is 57.8 Å². The van der Waals surface area contributed by atoms with Gasteiger partial charge in [-0.1, -0.05) is 48.9 Å². The van der Waals surface area contributed by atoms with Crippen molar-refractivity contribution in [3.63, 3.8) is 0 Å². The molecule has 0 atom stereocenters. The van der Waals surface area contributed by atoms with E-state index in [0.717, 1.165) is 63.1 Å². The van der Waals surface area contributed by atoms with Gasteiger partial charge < -0.3 is 10.2 Å². The molecule has 0 aliphatic carbocycles. The predicted octanol–water partition coefficient (Wildman–Crippen LogP) is 6.42. The number of rotatable bonds is 5. The number of hydrogen-bond acceptors (Lipinski definition) is 6. The van der Waals surface area contributed by atoms with Crippen LogP contribution in [0.25, 0.3) is 38.6 Å². The zero-order chi connectivity index (χ0) is 25.5. The van der Waals surface area contributed by atoms with Crippen molar-refractivity contribution >= 4 is 34.5 Å². The van der Waals surface area contributed by atoms with Crippen molar-refractivity contribution < 1.29 is 0 Å². The van der Waals surface area contributed by atoms with Crippen molar-refractivity contribution in [1.82, 2.24) is 24.8 Å². The number of aromatic nitrogens is 3. The van der Waals surface area contributed by atoms with E-state index in [1.165, 1.54) is 22.3 Å². The quantitative estimate of drug-likeness (QED) is 0.339. The summed E-state index contributed by atoms with van der Waals surface area (Å²) in [6, 6.07) is 14.8. The van der Waals surface area contributed by atoms with E-state index >= 15 is 0 Å². The number of nitrogens with one attached hydrogen (secondary N) is 1. The van der Waals surface area contributed by atoms with E-state index < -0.39 is 0 Å². The average Bonchev–Trinajstić information content (AvgIpc) is 3.48. The van der Waals surface area contributed by atoms with Crippen LogP contribution in [0.1, 0.15) is 36.4 Å². The number of hydrogen-bond donors (Lipinski definition) is 1. The van der Waals surface area contributed by atoms with E-state index in [4.69, 9.17) is 10.1 Å².